The predicted molar refractivity (Wildman–Crippen MR) is 114 cm³/mol. The summed E-state index contributed by atoms with van der Waals surface area (Å²) in [5, 5.41) is 6.19. The third-order valence-corrected chi connectivity index (χ3v) is 4.50. The van der Waals surface area contributed by atoms with E-state index < -0.39 is 0 Å². The van der Waals surface area contributed by atoms with E-state index >= 15 is 0 Å². The monoisotopic (exact) mass is 391 g/mol. The van der Waals surface area contributed by atoms with Gasteiger partial charge in [-0.1, -0.05) is 30.3 Å². The van der Waals surface area contributed by atoms with Crippen LogP contribution in [-0.4, -0.2) is 31.7 Å². The van der Waals surface area contributed by atoms with E-state index in [1.165, 1.54) is 5.56 Å². The third kappa shape index (κ3) is 5.72. The minimum absolute atomic E-state index is 0.223. The van der Waals surface area contributed by atoms with Gasteiger partial charge in [-0.05, 0) is 42.3 Å². The number of aromatic nitrogens is 1. The maximum atomic E-state index is 12.3. The summed E-state index contributed by atoms with van der Waals surface area (Å²) in [6, 6.07) is 19.2. The van der Waals surface area contributed by atoms with Crippen LogP contribution in [0.25, 0.3) is 0 Å². The van der Waals surface area contributed by atoms with E-state index in [0.717, 1.165) is 35.7 Å². The second kappa shape index (κ2) is 10.1. The first-order valence-electron chi connectivity index (χ1n) is 9.42. The van der Waals surface area contributed by atoms with Crippen molar-refractivity contribution in [2.75, 3.05) is 26.1 Å². The number of amides is 1. The summed E-state index contributed by atoms with van der Waals surface area (Å²) in [5.74, 6) is 1.38. The molecule has 6 nitrogen and oxygen atoms in total. The van der Waals surface area contributed by atoms with Crippen molar-refractivity contribution in [3.05, 3.63) is 83.7 Å². The molecule has 0 atom stereocenters. The van der Waals surface area contributed by atoms with Crippen molar-refractivity contribution >= 4 is 11.6 Å². The van der Waals surface area contributed by atoms with Crippen LogP contribution in [0.1, 0.15) is 21.6 Å². The molecule has 0 radical (unpaired) electrons. The molecule has 6 heteroatoms. The molecule has 0 aliphatic carbocycles. The highest BCUT2D eigenvalue weighted by Crippen LogP contribution is 2.17. The van der Waals surface area contributed by atoms with Gasteiger partial charge >= 0.3 is 0 Å². The lowest BCUT2D eigenvalue weighted by molar-refractivity contribution is 0.0945. The van der Waals surface area contributed by atoms with Crippen LogP contribution in [0.3, 0.4) is 0 Å². The summed E-state index contributed by atoms with van der Waals surface area (Å²) in [6.07, 6.45) is 2.53. The zero-order valence-electron chi connectivity index (χ0n) is 16.6. The van der Waals surface area contributed by atoms with Crippen molar-refractivity contribution in [1.29, 1.82) is 0 Å². The highest BCUT2D eigenvalue weighted by atomic mass is 16.5. The summed E-state index contributed by atoms with van der Waals surface area (Å²) < 4.78 is 10.5. The Kier molecular flexibility index (Phi) is 7.05. The van der Waals surface area contributed by atoms with Crippen molar-refractivity contribution in [2.24, 2.45) is 0 Å². The summed E-state index contributed by atoms with van der Waals surface area (Å²) in [6.45, 7) is 1.14. The normalized spacial score (nSPS) is 10.3. The molecule has 1 aromatic heterocycles. The van der Waals surface area contributed by atoms with Gasteiger partial charge in [-0.25, -0.2) is 4.98 Å². The molecule has 0 unspecified atom stereocenters. The fourth-order valence-corrected chi connectivity index (χ4v) is 2.93. The Labute approximate surface area is 170 Å². The molecule has 29 heavy (non-hydrogen) atoms. The van der Waals surface area contributed by atoms with Crippen molar-refractivity contribution in [1.82, 2.24) is 10.3 Å². The first kappa shape index (κ1) is 20.2. The molecule has 1 heterocycles. The molecule has 2 aromatic carbocycles. The Morgan fingerprint density at radius 3 is 2.62 bits per heavy atom. The van der Waals surface area contributed by atoms with Crippen LogP contribution < -0.4 is 20.1 Å². The van der Waals surface area contributed by atoms with Crippen LogP contribution in [0.15, 0.2) is 66.9 Å². The van der Waals surface area contributed by atoms with Crippen molar-refractivity contribution in [3.8, 4) is 11.5 Å². The molecule has 0 saturated carbocycles. The number of para-hydroxylation sites is 1. The smallest absolute Gasteiger partial charge is 0.270 e. The molecule has 3 rings (SSSR count). The van der Waals surface area contributed by atoms with Crippen LogP contribution in [0.4, 0.5) is 5.69 Å². The minimum atomic E-state index is -0.223. The van der Waals surface area contributed by atoms with Gasteiger partial charge in [0.25, 0.3) is 5.91 Å². The zero-order valence-corrected chi connectivity index (χ0v) is 16.6. The summed E-state index contributed by atoms with van der Waals surface area (Å²) in [7, 11) is 3.28. The van der Waals surface area contributed by atoms with Crippen LogP contribution in [0, 0.1) is 0 Å². The van der Waals surface area contributed by atoms with Crippen LogP contribution in [-0.2, 0) is 13.0 Å². The summed E-state index contributed by atoms with van der Waals surface area (Å²) >= 11 is 0. The Bertz CT molecular complexity index is 942. The molecule has 2 N–H and O–H groups in total. The van der Waals surface area contributed by atoms with Crippen molar-refractivity contribution in [2.45, 2.75) is 13.0 Å². The quantitative estimate of drug-likeness (QED) is 0.582. The molecule has 0 fully saturated rings. The lowest BCUT2D eigenvalue weighted by atomic mass is 10.1. The molecule has 0 spiro atoms. The van der Waals surface area contributed by atoms with E-state index in [-0.39, 0.29) is 5.91 Å². The van der Waals surface area contributed by atoms with Crippen LogP contribution >= 0.6 is 0 Å². The molecule has 0 bridgehead atoms. The second-order valence-electron chi connectivity index (χ2n) is 6.45. The predicted octanol–water partition coefficient (Wildman–Crippen LogP) is 3.68. The summed E-state index contributed by atoms with van der Waals surface area (Å²) in [5.41, 5.74) is 3.35. The van der Waals surface area contributed by atoms with Gasteiger partial charge in [-0.3, -0.25) is 4.79 Å². The number of carbonyl (C=O) groups excluding carboxylic acids is 1. The van der Waals surface area contributed by atoms with E-state index in [1.54, 1.807) is 26.5 Å². The number of anilines is 1. The molecule has 1 amide bonds. The maximum absolute atomic E-state index is 12.3. The molecule has 3 aromatic rings. The number of carbonyl (C=O) groups is 1. The van der Waals surface area contributed by atoms with Gasteiger partial charge in [0.05, 0.1) is 26.1 Å². The molecule has 0 aliphatic heterocycles. The van der Waals surface area contributed by atoms with E-state index in [0.29, 0.717) is 12.2 Å². The fourth-order valence-electron chi connectivity index (χ4n) is 2.93. The minimum Gasteiger partial charge on any atom is -0.497 e. The second-order valence-corrected chi connectivity index (χ2v) is 6.45. The van der Waals surface area contributed by atoms with Gasteiger partial charge in [0.1, 0.15) is 17.2 Å². The Morgan fingerprint density at radius 1 is 1.00 bits per heavy atom. The fraction of sp³-hybridized carbons (Fsp3) is 0.217. The number of methoxy groups -OCH3 is 2. The first-order chi connectivity index (χ1) is 14.2. The topological polar surface area (TPSA) is 72.5 Å². The van der Waals surface area contributed by atoms with Gasteiger partial charge in [-0.2, -0.15) is 0 Å². The number of nitrogens with one attached hydrogen (secondary N) is 2. The van der Waals surface area contributed by atoms with E-state index in [9.17, 15) is 4.79 Å². The molecular formula is C23H25N3O3. The molecule has 0 aliphatic rings. The van der Waals surface area contributed by atoms with Gasteiger partial charge in [0, 0.05) is 18.7 Å². The molecular weight excluding hydrogens is 366 g/mol. The lowest BCUT2D eigenvalue weighted by Gasteiger charge is -2.10. The zero-order chi connectivity index (χ0) is 20.5. The average Bonchev–Trinajstić information content (AvgIpc) is 2.78. The Morgan fingerprint density at radius 2 is 1.86 bits per heavy atom. The van der Waals surface area contributed by atoms with Crippen LogP contribution in [0.5, 0.6) is 11.5 Å². The number of hydrogen-bond donors (Lipinski definition) is 2. The van der Waals surface area contributed by atoms with Crippen LogP contribution in [0.2, 0.25) is 0 Å². The largest absolute Gasteiger partial charge is 0.497 e. The highest BCUT2D eigenvalue weighted by molar-refractivity contribution is 5.92. The van der Waals surface area contributed by atoms with E-state index in [4.69, 9.17) is 9.47 Å². The molecule has 150 valence electrons. The standard InChI is InChI=1S/C23H25N3O3/c1-28-20-8-5-6-17(14-20)12-13-24-19-10-11-21(25-16-19)23(27)26-15-18-7-3-4-9-22(18)29-2/h3-11,14,16,24H,12-13,15H2,1-2H3,(H,26,27). The van der Waals surface area contributed by atoms with Gasteiger partial charge in [0.2, 0.25) is 0 Å². The maximum Gasteiger partial charge on any atom is 0.270 e. The number of ether oxygens (including phenoxy) is 2. The highest BCUT2D eigenvalue weighted by Gasteiger charge is 2.09. The first-order valence-corrected chi connectivity index (χ1v) is 9.42. The van der Waals surface area contributed by atoms with Gasteiger partial charge < -0.3 is 20.1 Å². The Balaban J connectivity index is 1.49. The van der Waals surface area contributed by atoms with Gasteiger partial charge in [0.15, 0.2) is 0 Å². The number of pyridine rings is 1. The SMILES string of the molecule is COc1cccc(CCNc2ccc(C(=O)NCc3ccccc3OC)nc2)c1. The lowest BCUT2D eigenvalue weighted by Crippen LogP contribution is -2.24. The average molecular weight is 391 g/mol. The van der Waals surface area contributed by atoms with E-state index in [2.05, 4.69) is 21.7 Å². The number of nitrogens with zero attached hydrogens (tertiary/aromatic N) is 1. The number of rotatable bonds is 9. The van der Waals surface area contributed by atoms with Gasteiger partial charge in [-0.15, -0.1) is 0 Å². The molecule has 0 saturated heterocycles. The van der Waals surface area contributed by atoms with E-state index in [1.807, 2.05) is 48.5 Å². The van der Waals surface area contributed by atoms with Crippen molar-refractivity contribution < 1.29 is 14.3 Å². The number of hydrogen-bond acceptors (Lipinski definition) is 5. The van der Waals surface area contributed by atoms with Crippen molar-refractivity contribution in [3.63, 3.8) is 0 Å². The number of benzene rings is 2. The third-order valence-electron chi connectivity index (χ3n) is 4.50. The Hall–Kier alpha value is -3.54. The summed E-state index contributed by atoms with van der Waals surface area (Å²) in [4.78, 5) is 16.6.